The predicted molar refractivity (Wildman–Crippen MR) is 125 cm³/mol. The quantitative estimate of drug-likeness (QED) is 0.449. The molecule has 2 heterocycles. The number of nitrogens with one attached hydrogen (secondary N) is 2. The van der Waals surface area contributed by atoms with Gasteiger partial charge in [0, 0.05) is 37.1 Å². The number of aliphatic imine (C=N–C) groups is 1. The fraction of sp³-hybridized carbons (Fsp3) is 0.400. The fourth-order valence-electron chi connectivity index (χ4n) is 3.93. The van der Waals surface area contributed by atoms with E-state index in [0.29, 0.717) is 13.1 Å². The van der Waals surface area contributed by atoms with E-state index in [9.17, 15) is 0 Å². The third-order valence-electron chi connectivity index (χ3n) is 5.73. The van der Waals surface area contributed by atoms with Crippen molar-refractivity contribution >= 4 is 16.9 Å². The van der Waals surface area contributed by atoms with E-state index in [0.717, 1.165) is 56.7 Å². The van der Waals surface area contributed by atoms with Gasteiger partial charge in [-0.2, -0.15) is 0 Å². The number of rotatable bonds is 7. The van der Waals surface area contributed by atoms with Crippen LogP contribution in [-0.2, 0) is 24.4 Å². The van der Waals surface area contributed by atoms with Gasteiger partial charge in [-0.25, -0.2) is 4.99 Å². The molecule has 31 heavy (non-hydrogen) atoms. The van der Waals surface area contributed by atoms with Crippen LogP contribution < -0.4 is 10.6 Å². The maximum absolute atomic E-state index is 6.03. The minimum absolute atomic E-state index is 0.599. The average Bonchev–Trinajstić information content (AvgIpc) is 3.13. The molecule has 2 N–H and O–H groups in total. The van der Waals surface area contributed by atoms with Crippen LogP contribution in [0.2, 0.25) is 0 Å². The van der Waals surface area contributed by atoms with Crippen LogP contribution in [0.4, 0.5) is 0 Å². The first-order chi connectivity index (χ1) is 15.2. The van der Waals surface area contributed by atoms with E-state index in [1.807, 2.05) is 18.2 Å². The Bertz CT molecular complexity index is 1020. The summed E-state index contributed by atoms with van der Waals surface area (Å²) in [6, 6.07) is 16.7. The topological polar surface area (TPSA) is 62.0 Å². The van der Waals surface area contributed by atoms with Crippen LogP contribution in [0.5, 0.6) is 0 Å². The minimum Gasteiger partial charge on any atom is -0.459 e. The summed E-state index contributed by atoms with van der Waals surface area (Å²) in [6.07, 6.45) is 0. The standard InChI is InChI=1S/C25H32N4O2/c1-3-26-25(28-17-24-19(2)22-10-6-7-11-23(22)31-24)27-16-20-8-4-5-9-21(20)18-29-12-14-30-15-13-29/h4-11H,3,12-18H2,1-2H3,(H2,26,27,28). The molecule has 1 aromatic heterocycles. The highest BCUT2D eigenvalue weighted by atomic mass is 16.5. The molecule has 1 aliphatic rings. The van der Waals surface area contributed by atoms with Crippen molar-refractivity contribution in [3.05, 3.63) is 71.0 Å². The molecule has 0 bridgehead atoms. The number of benzene rings is 2. The number of guanidine groups is 1. The number of aryl methyl sites for hydroxylation is 1. The second-order valence-corrected chi connectivity index (χ2v) is 7.85. The molecule has 0 spiro atoms. The van der Waals surface area contributed by atoms with Gasteiger partial charge in [0.25, 0.3) is 0 Å². The van der Waals surface area contributed by atoms with Crippen molar-refractivity contribution in [3.8, 4) is 0 Å². The van der Waals surface area contributed by atoms with Crippen molar-refractivity contribution < 1.29 is 9.15 Å². The lowest BCUT2D eigenvalue weighted by molar-refractivity contribution is 0.0341. The highest BCUT2D eigenvalue weighted by Gasteiger charge is 2.13. The number of para-hydroxylation sites is 1. The molecule has 0 amide bonds. The molecule has 0 saturated carbocycles. The molecular weight excluding hydrogens is 388 g/mol. The fourth-order valence-corrected chi connectivity index (χ4v) is 3.93. The highest BCUT2D eigenvalue weighted by molar-refractivity contribution is 5.83. The normalized spacial score (nSPS) is 15.4. The number of fused-ring (bicyclic) bond motifs is 1. The first kappa shape index (κ1) is 21.4. The molecule has 6 heteroatoms. The Morgan fingerprint density at radius 1 is 1.00 bits per heavy atom. The Labute approximate surface area is 184 Å². The van der Waals surface area contributed by atoms with Gasteiger partial charge < -0.3 is 19.8 Å². The average molecular weight is 421 g/mol. The lowest BCUT2D eigenvalue weighted by Crippen LogP contribution is -2.37. The Hall–Kier alpha value is -2.83. The number of ether oxygens (including phenoxy) is 1. The summed E-state index contributed by atoms with van der Waals surface area (Å²) in [5.41, 5.74) is 4.69. The van der Waals surface area contributed by atoms with Gasteiger partial charge in [0.2, 0.25) is 0 Å². The molecule has 164 valence electrons. The van der Waals surface area contributed by atoms with Crippen LogP contribution >= 0.6 is 0 Å². The molecular formula is C25H32N4O2. The van der Waals surface area contributed by atoms with Crippen molar-refractivity contribution in [1.82, 2.24) is 15.5 Å². The van der Waals surface area contributed by atoms with Crippen molar-refractivity contribution in [1.29, 1.82) is 0 Å². The SMILES string of the molecule is CCNC(=NCc1ccccc1CN1CCOCC1)NCc1oc2ccccc2c1C. The van der Waals surface area contributed by atoms with Crippen LogP contribution in [0.1, 0.15) is 29.4 Å². The van der Waals surface area contributed by atoms with Gasteiger partial charge in [-0.05, 0) is 31.0 Å². The lowest BCUT2D eigenvalue weighted by atomic mass is 10.1. The van der Waals surface area contributed by atoms with Gasteiger partial charge in [-0.1, -0.05) is 42.5 Å². The Morgan fingerprint density at radius 3 is 2.52 bits per heavy atom. The van der Waals surface area contributed by atoms with E-state index < -0.39 is 0 Å². The second-order valence-electron chi connectivity index (χ2n) is 7.85. The lowest BCUT2D eigenvalue weighted by Gasteiger charge is -2.27. The van der Waals surface area contributed by atoms with Crippen LogP contribution in [0.25, 0.3) is 11.0 Å². The van der Waals surface area contributed by atoms with Gasteiger partial charge in [-0.3, -0.25) is 4.90 Å². The second kappa shape index (κ2) is 10.5. The molecule has 1 saturated heterocycles. The van der Waals surface area contributed by atoms with E-state index in [1.54, 1.807) is 0 Å². The number of morpholine rings is 1. The van der Waals surface area contributed by atoms with Gasteiger partial charge in [-0.15, -0.1) is 0 Å². The summed E-state index contributed by atoms with van der Waals surface area (Å²) in [5.74, 6) is 1.74. The third kappa shape index (κ3) is 5.46. The smallest absolute Gasteiger partial charge is 0.191 e. The Kier molecular flexibility index (Phi) is 7.22. The molecule has 0 unspecified atom stereocenters. The highest BCUT2D eigenvalue weighted by Crippen LogP contribution is 2.24. The molecule has 0 aliphatic carbocycles. The third-order valence-corrected chi connectivity index (χ3v) is 5.73. The van der Waals surface area contributed by atoms with Crippen molar-refractivity contribution in [2.45, 2.75) is 33.5 Å². The monoisotopic (exact) mass is 420 g/mol. The first-order valence-corrected chi connectivity index (χ1v) is 11.1. The van der Waals surface area contributed by atoms with Gasteiger partial charge >= 0.3 is 0 Å². The van der Waals surface area contributed by atoms with Crippen LogP contribution in [0, 0.1) is 6.92 Å². The molecule has 4 rings (SSSR count). The molecule has 1 fully saturated rings. The zero-order valence-corrected chi connectivity index (χ0v) is 18.5. The predicted octanol–water partition coefficient (Wildman–Crippen LogP) is 3.83. The van der Waals surface area contributed by atoms with Gasteiger partial charge in [0.1, 0.15) is 11.3 Å². The van der Waals surface area contributed by atoms with Crippen molar-refractivity contribution in [3.63, 3.8) is 0 Å². The zero-order chi connectivity index (χ0) is 21.5. The number of nitrogens with zero attached hydrogens (tertiary/aromatic N) is 2. The summed E-state index contributed by atoms with van der Waals surface area (Å²) in [6.45, 7) is 10.8. The van der Waals surface area contributed by atoms with Crippen LogP contribution in [-0.4, -0.2) is 43.7 Å². The molecule has 1 aliphatic heterocycles. The zero-order valence-electron chi connectivity index (χ0n) is 18.5. The molecule has 0 atom stereocenters. The minimum atomic E-state index is 0.599. The van der Waals surface area contributed by atoms with Crippen LogP contribution in [0.15, 0.2) is 57.9 Å². The maximum atomic E-state index is 6.03. The van der Waals surface area contributed by atoms with Crippen LogP contribution in [0.3, 0.4) is 0 Å². The van der Waals surface area contributed by atoms with Crippen molar-refractivity contribution in [2.75, 3.05) is 32.8 Å². The number of furan rings is 1. The molecule has 2 aromatic carbocycles. The summed E-state index contributed by atoms with van der Waals surface area (Å²) in [4.78, 5) is 7.29. The largest absolute Gasteiger partial charge is 0.459 e. The summed E-state index contributed by atoms with van der Waals surface area (Å²) in [7, 11) is 0. The van der Waals surface area contributed by atoms with Gasteiger partial charge in [0.05, 0.1) is 26.3 Å². The number of hydrogen-bond donors (Lipinski definition) is 2. The van der Waals surface area contributed by atoms with E-state index >= 15 is 0 Å². The summed E-state index contributed by atoms with van der Waals surface area (Å²) >= 11 is 0. The Balaban J connectivity index is 1.43. The molecule has 3 aromatic rings. The Morgan fingerprint density at radius 2 is 1.74 bits per heavy atom. The molecule has 6 nitrogen and oxygen atoms in total. The summed E-state index contributed by atoms with van der Waals surface area (Å²) in [5, 5.41) is 7.94. The van der Waals surface area contributed by atoms with Gasteiger partial charge in [0.15, 0.2) is 5.96 Å². The van der Waals surface area contributed by atoms with E-state index in [-0.39, 0.29) is 0 Å². The molecule has 0 radical (unpaired) electrons. The summed E-state index contributed by atoms with van der Waals surface area (Å²) < 4.78 is 11.5. The van der Waals surface area contributed by atoms with E-state index in [2.05, 4.69) is 59.7 Å². The number of hydrogen-bond acceptors (Lipinski definition) is 4. The van der Waals surface area contributed by atoms with E-state index in [1.165, 1.54) is 22.1 Å². The maximum Gasteiger partial charge on any atom is 0.191 e. The van der Waals surface area contributed by atoms with E-state index in [4.69, 9.17) is 14.1 Å². The van der Waals surface area contributed by atoms with Crippen molar-refractivity contribution in [2.24, 2.45) is 4.99 Å². The first-order valence-electron chi connectivity index (χ1n) is 11.1.